The van der Waals surface area contributed by atoms with E-state index in [9.17, 15) is 4.79 Å². The molecule has 7 heteroatoms. The molecule has 1 aliphatic heterocycles. The standard InChI is InChI=1S/C17H20N6O/c1-18-15-10-19-9-13(22-15)14-3-2-6-23(14)17(24)12-7-20-16(21-8-12)11-4-5-11/h7-11,14H,2-6H2,1H3,(H,18,22)/t14-/m0/s1. The van der Waals surface area contributed by atoms with Crippen molar-refractivity contribution in [1.82, 2.24) is 24.8 Å². The van der Waals surface area contributed by atoms with Crippen LogP contribution in [0, 0.1) is 0 Å². The topological polar surface area (TPSA) is 83.9 Å². The summed E-state index contributed by atoms with van der Waals surface area (Å²) in [6.45, 7) is 0.722. The van der Waals surface area contributed by atoms with Crippen LogP contribution in [-0.4, -0.2) is 44.3 Å². The van der Waals surface area contributed by atoms with E-state index < -0.39 is 0 Å². The Bertz CT molecular complexity index is 743. The Balaban J connectivity index is 1.55. The lowest BCUT2D eigenvalue weighted by Gasteiger charge is -2.24. The molecular weight excluding hydrogens is 304 g/mol. The second kappa shape index (κ2) is 6.14. The molecule has 1 amide bonds. The zero-order valence-corrected chi connectivity index (χ0v) is 13.6. The summed E-state index contributed by atoms with van der Waals surface area (Å²) >= 11 is 0. The predicted octanol–water partition coefficient (Wildman–Crippen LogP) is 2.16. The fourth-order valence-corrected chi connectivity index (χ4v) is 3.15. The molecule has 2 aliphatic rings. The summed E-state index contributed by atoms with van der Waals surface area (Å²) in [5, 5.41) is 2.99. The van der Waals surface area contributed by atoms with Gasteiger partial charge in [0.05, 0.1) is 29.7 Å². The Hall–Kier alpha value is -2.57. The molecule has 124 valence electrons. The third kappa shape index (κ3) is 2.81. The van der Waals surface area contributed by atoms with Crippen LogP contribution in [-0.2, 0) is 0 Å². The SMILES string of the molecule is CNc1cncc([C@@H]2CCCN2C(=O)c2cnc(C3CC3)nc2)n1. The quantitative estimate of drug-likeness (QED) is 0.928. The summed E-state index contributed by atoms with van der Waals surface area (Å²) < 4.78 is 0. The molecule has 1 saturated heterocycles. The lowest BCUT2D eigenvalue weighted by molar-refractivity contribution is 0.0732. The highest BCUT2D eigenvalue weighted by molar-refractivity contribution is 5.94. The number of nitrogens with one attached hydrogen (secondary N) is 1. The molecule has 0 aromatic carbocycles. The molecule has 24 heavy (non-hydrogen) atoms. The van der Waals surface area contributed by atoms with Crippen LogP contribution in [0.15, 0.2) is 24.8 Å². The summed E-state index contributed by atoms with van der Waals surface area (Å²) in [6, 6.07) is -0.0404. The molecule has 0 radical (unpaired) electrons. The van der Waals surface area contributed by atoms with Crippen LogP contribution >= 0.6 is 0 Å². The number of hydrogen-bond donors (Lipinski definition) is 1. The van der Waals surface area contributed by atoms with Gasteiger partial charge in [-0.1, -0.05) is 0 Å². The largest absolute Gasteiger partial charge is 0.372 e. The van der Waals surface area contributed by atoms with Crippen molar-refractivity contribution in [3.05, 3.63) is 41.9 Å². The van der Waals surface area contributed by atoms with Crippen molar-refractivity contribution in [1.29, 1.82) is 0 Å². The zero-order chi connectivity index (χ0) is 16.5. The Morgan fingerprint density at radius 1 is 1.17 bits per heavy atom. The van der Waals surface area contributed by atoms with Crippen molar-refractivity contribution < 1.29 is 4.79 Å². The molecule has 1 saturated carbocycles. The highest BCUT2D eigenvalue weighted by Gasteiger charge is 2.33. The average molecular weight is 324 g/mol. The Morgan fingerprint density at radius 2 is 1.96 bits per heavy atom. The third-order valence-corrected chi connectivity index (χ3v) is 4.63. The number of carbonyl (C=O) groups is 1. The van der Waals surface area contributed by atoms with Gasteiger partial charge in [-0.05, 0) is 25.7 Å². The highest BCUT2D eigenvalue weighted by Crippen LogP contribution is 2.38. The van der Waals surface area contributed by atoms with Crippen LogP contribution in [0.3, 0.4) is 0 Å². The van der Waals surface area contributed by atoms with Gasteiger partial charge in [0, 0.05) is 31.9 Å². The fraction of sp³-hybridized carbons (Fsp3) is 0.471. The molecular formula is C17H20N6O. The van der Waals surface area contributed by atoms with Crippen LogP contribution in [0.2, 0.25) is 0 Å². The van der Waals surface area contributed by atoms with Crippen molar-refractivity contribution in [3.8, 4) is 0 Å². The smallest absolute Gasteiger partial charge is 0.257 e. The van der Waals surface area contributed by atoms with Gasteiger partial charge >= 0.3 is 0 Å². The molecule has 2 aromatic heterocycles. The first-order valence-electron chi connectivity index (χ1n) is 8.39. The molecule has 1 aliphatic carbocycles. The van der Waals surface area contributed by atoms with E-state index in [0.29, 0.717) is 17.3 Å². The van der Waals surface area contributed by atoms with Crippen LogP contribution < -0.4 is 5.32 Å². The minimum Gasteiger partial charge on any atom is -0.372 e. The van der Waals surface area contributed by atoms with E-state index in [1.807, 2.05) is 11.9 Å². The molecule has 1 atom stereocenters. The second-order valence-electron chi connectivity index (χ2n) is 6.34. The Kier molecular flexibility index (Phi) is 3.84. The second-order valence-corrected chi connectivity index (χ2v) is 6.34. The lowest BCUT2D eigenvalue weighted by atomic mass is 10.1. The summed E-state index contributed by atoms with van der Waals surface area (Å²) in [4.78, 5) is 32.2. The van der Waals surface area contributed by atoms with Crippen molar-refractivity contribution in [3.63, 3.8) is 0 Å². The molecule has 4 rings (SSSR count). The van der Waals surface area contributed by atoms with Gasteiger partial charge in [-0.25, -0.2) is 15.0 Å². The number of amides is 1. The lowest BCUT2D eigenvalue weighted by Crippen LogP contribution is -2.31. The van der Waals surface area contributed by atoms with Gasteiger partial charge in [-0.3, -0.25) is 9.78 Å². The normalized spacial score (nSPS) is 20.2. The minimum absolute atomic E-state index is 0.0310. The zero-order valence-electron chi connectivity index (χ0n) is 13.6. The van der Waals surface area contributed by atoms with Gasteiger partial charge in [0.25, 0.3) is 5.91 Å². The number of anilines is 1. The minimum atomic E-state index is -0.0404. The van der Waals surface area contributed by atoms with Gasteiger partial charge in [-0.2, -0.15) is 0 Å². The first-order chi connectivity index (χ1) is 11.8. The van der Waals surface area contributed by atoms with Crippen molar-refractivity contribution in [2.45, 2.75) is 37.6 Å². The molecule has 0 spiro atoms. The molecule has 2 aromatic rings. The maximum absolute atomic E-state index is 12.9. The summed E-state index contributed by atoms with van der Waals surface area (Å²) in [6.07, 6.45) is 10.9. The maximum Gasteiger partial charge on any atom is 0.257 e. The number of nitrogens with zero attached hydrogens (tertiary/aromatic N) is 5. The monoisotopic (exact) mass is 324 g/mol. The first kappa shape index (κ1) is 15.0. The van der Waals surface area contributed by atoms with Crippen LogP contribution in [0.4, 0.5) is 5.82 Å². The van der Waals surface area contributed by atoms with Gasteiger partial charge in [-0.15, -0.1) is 0 Å². The average Bonchev–Trinajstić information content (AvgIpc) is 3.38. The molecule has 2 fully saturated rings. The van der Waals surface area contributed by atoms with Gasteiger partial charge in [0.1, 0.15) is 11.6 Å². The van der Waals surface area contributed by atoms with Gasteiger partial charge < -0.3 is 10.2 Å². The van der Waals surface area contributed by atoms with E-state index >= 15 is 0 Å². The Labute approximate surface area is 140 Å². The predicted molar refractivity (Wildman–Crippen MR) is 88.6 cm³/mol. The summed E-state index contributed by atoms with van der Waals surface area (Å²) in [5.74, 6) is 2.03. The van der Waals surface area contributed by atoms with Crippen LogP contribution in [0.25, 0.3) is 0 Å². The van der Waals surface area contributed by atoms with E-state index in [1.54, 1.807) is 24.8 Å². The van der Waals surface area contributed by atoms with Crippen molar-refractivity contribution in [2.24, 2.45) is 0 Å². The van der Waals surface area contributed by atoms with E-state index in [2.05, 4.69) is 25.3 Å². The summed E-state index contributed by atoms with van der Waals surface area (Å²) in [7, 11) is 1.81. The van der Waals surface area contributed by atoms with Crippen molar-refractivity contribution in [2.75, 3.05) is 18.9 Å². The molecule has 3 heterocycles. The number of hydrogen-bond acceptors (Lipinski definition) is 6. The molecule has 1 N–H and O–H groups in total. The number of rotatable bonds is 4. The van der Waals surface area contributed by atoms with Gasteiger partial charge in [0.2, 0.25) is 0 Å². The maximum atomic E-state index is 12.9. The third-order valence-electron chi connectivity index (χ3n) is 4.63. The van der Waals surface area contributed by atoms with Gasteiger partial charge in [0.15, 0.2) is 0 Å². The number of aromatic nitrogens is 4. The van der Waals surface area contributed by atoms with Crippen molar-refractivity contribution >= 4 is 11.7 Å². The number of carbonyl (C=O) groups excluding carboxylic acids is 1. The fourth-order valence-electron chi connectivity index (χ4n) is 3.15. The number of likely N-dealkylation sites (tertiary alicyclic amines) is 1. The van der Waals surface area contributed by atoms with E-state index in [1.165, 1.54) is 0 Å². The van der Waals surface area contributed by atoms with E-state index in [4.69, 9.17) is 0 Å². The molecule has 0 unspecified atom stereocenters. The first-order valence-corrected chi connectivity index (χ1v) is 8.39. The molecule has 7 nitrogen and oxygen atoms in total. The van der Waals surface area contributed by atoms with E-state index in [0.717, 1.165) is 43.7 Å². The van der Waals surface area contributed by atoms with Crippen LogP contribution in [0.5, 0.6) is 0 Å². The summed E-state index contributed by atoms with van der Waals surface area (Å²) in [5.41, 5.74) is 1.37. The van der Waals surface area contributed by atoms with E-state index in [-0.39, 0.29) is 11.9 Å². The Morgan fingerprint density at radius 3 is 2.67 bits per heavy atom. The van der Waals surface area contributed by atoms with Crippen LogP contribution in [0.1, 0.15) is 59.5 Å². The molecule has 0 bridgehead atoms. The highest BCUT2D eigenvalue weighted by atomic mass is 16.2.